The van der Waals surface area contributed by atoms with Crippen molar-refractivity contribution in [1.29, 1.82) is 0 Å². The molecule has 7 heteroatoms. The van der Waals surface area contributed by atoms with Crippen molar-refractivity contribution >= 4 is 39.8 Å². The van der Waals surface area contributed by atoms with Gasteiger partial charge in [0.15, 0.2) is 6.61 Å². The zero-order valence-corrected chi connectivity index (χ0v) is 17.1. The predicted molar refractivity (Wildman–Crippen MR) is 107 cm³/mol. The number of nitrogens with one attached hydrogen (secondary N) is 1. The first kappa shape index (κ1) is 19.7. The summed E-state index contributed by atoms with van der Waals surface area (Å²) >= 11 is 7.39. The van der Waals surface area contributed by atoms with Gasteiger partial charge in [0, 0.05) is 9.90 Å². The molecule has 1 aromatic heterocycles. The number of carbonyl (C=O) groups excluding carboxylic acids is 2. The summed E-state index contributed by atoms with van der Waals surface area (Å²) in [6.45, 7) is 3.91. The highest BCUT2D eigenvalue weighted by atomic mass is 35.5. The molecule has 0 saturated heterocycles. The molecule has 0 radical (unpaired) electrons. The lowest BCUT2D eigenvalue weighted by Crippen LogP contribution is -2.21. The number of thiophene rings is 1. The Labute approximate surface area is 167 Å². The number of halogens is 1. The molecule has 1 aliphatic carbocycles. The molecule has 5 nitrogen and oxygen atoms in total. The minimum Gasteiger partial charge on any atom is -0.483 e. The first-order chi connectivity index (χ1) is 12.9. The van der Waals surface area contributed by atoms with Crippen LogP contribution in [0, 0.1) is 12.8 Å². The summed E-state index contributed by atoms with van der Waals surface area (Å²) in [5.41, 5.74) is 2.35. The van der Waals surface area contributed by atoms with Crippen LogP contribution >= 0.6 is 22.9 Å². The number of anilines is 1. The second-order valence-electron chi connectivity index (χ2n) is 6.79. The highest BCUT2D eigenvalue weighted by molar-refractivity contribution is 7.17. The Morgan fingerprint density at radius 3 is 2.85 bits per heavy atom. The number of aryl methyl sites for hydroxylation is 1. The van der Waals surface area contributed by atoms with Gasteiger partial charge in [-0.1, -0.05) is 18.5 Å². The van der Waals surface area contributed by atoms with Gasteiger partial charge < -0.3 is 14.8 Å². The van der Waals surface area contributed by atoms with E-state index in [0.29, 0.717) is 27.3 Å². The van der Waals surface area contributed by atoms with Gasteiger partial charge >= 0.3 is 5.97 Å². The summed E-state index contributed by atoms with van der Waals surface area (Å²) in [7, 11) is 1.36. The van der Waals surface area contributed by atoms with Crippen LogP contribution in [0.2, 0.25) is 5.02 Å². The van der Waals surface area contributed by atoms with E-state index in [-0.39, 0.29) is 12.5 Å². The van der Waals surface area contributed by atoms with Crippen molar-refractivity contribution in [3.8, 4) is 5.75 Å². The molecule has 0 fully saturated rings. The Balaban J connectivity index is 1.74. The molecule has 1 aliphatic rings. The summed E-state index contributed by atoms with van der Waals surface area (Å²) in [6, 6.07) is 5.22. The number of ether oxygens (including phenoxy) is 2. The molecule has 0 bridgehead atoms. The van der Waals surface area contributed by atoms with E-state index in [1.807, 2.05) is 6.92 Å². The maximum atomic E-state index is 12.4. The summed E-state index contributed by atoms with van der Waals surface area (Å²) in [6.07, 6.45) is 2.77. The van der Waals surface area contributed by atoms with Crippen molar-refractivity contribution in [2.45, 2.75) is 33.1 Å². The third-order valence-corrected chi connectivity index (χ3v) is 6.05. The van der Waals surface area contributed by atoms with E-state index in [4.69, 9.17) is 21.1 Å². The molecule has 0 spiro atoms. The van der Waals surface area contributed by atoms with Crippen LogP contribution in [0.25, 0.3) is 0 Å². The van der Waals surface area contributed by atoms with Crippen molar-refractivity contribution in [2.75, 3.05) is 19.0 Å². The van der Waals surface area contributed by atoms with Gasteiger partial charge in [0.1, 0.15) is 10.8 Å². The van der Waals surface area contributed by atoms with Crippen LogP contribution in [-0.2, 0) is 22.4 Å². The van der Waals surface area contributed by atoms with Gasteiger partial charge in [-0.3, -0.25) is 4.79 Å². The van der Waals surface area contributed by atoms with Gasteiger partial charge in [-0.2, -0.15) is 0 Å². The van der Waals surface area contributed by atoms with Crippen LogP contribution in [0.1, 0.15) is 39.7 Å². The number of methoxy groups -OCH3 is 1. The minimum absolute atomic E-state index is 0.151. The van der Waals surface area contributed by atoms with E-state index in [9.17, 15) is 9.59 Å². The van der Waals surface area contributed by atoms with Crippen molar-refractivity contribution in [3.63, 3.8) is 0 Å². The summed E-state index contributed by atoms with van der Waals surface area (Å²) < 4.78 is 10.5. The van der Waals surface area contributed by atoms with Crippen LogP contribution in [0.3, 0.4) is 0 Å². The van der Waals surface area contributed by atoms with Crippen molar-refractivity contribution in [1.82, 2.24) is 0 Å². The summed E-state index contributed by atoms with van der Waals surface area (Å²) in [4.78, 5) is 25.8. The fourth-order valence-corrected chi connectivity index (χ4v) is 4.88. The third-order valence-electron chi connectivity index (χ3n) is 4.65. The molecule has 3 rings (SSSR count). The highest BCUT2D eigenvalue weighted by Gasteiger charge is 2.28. The maximum Gasteiger partial charge on any atom is 0.341 e. The molecular weight excluding hydrogens is 386 g/mol. The Kier molecular flexibility index (Phi) is 6.07. The first-order valence-electron chi connectivity index (χ1n) is 8.80. The second-order valence-corrected chi connectivity index (χ2v) is 8.34. The minimum atomic E-state index is -0.410. The van der Waals surface area contributed by atoms with Gasteiger partial charge in [-0.05, 0) is 61.4 Å². The number of hydrogen-bond acceptors (Lipinski definition) is 5. The van der Waals surface area contributed by atoms with E-state index >= 15 is 0 Å². The number of esters is 1. The normalized spacial score (nSPS) is 15.8. The molecule has 1 amide bonds. The smallest absolute Gasteiger partial charge is 0.341 e. The Morgan fingerprint density at radius 1 is 1.37 bits per heavy atom. The van der Waals surface area contributed by atoms with Gasteiger partial charge in [0.25, 0.3) is 5.91 Å². The monoisotopic (exact) mass is 407 g/mol. The first-order valence-corrected chi connectivity index (χ1v) is 10.00. The lowest BCUT2D eigenvalue weighted by atomic mass is 9.88. The van der Waals surface area contributed by atoms with Crippen LogP contribution in [-0.4, -0.2) is 25.6 Å². The molecular formula is C20H22ClNO4S. The number of amides is 1. The van der Waals surface area contributed by atoms with E-state index in [2.05, 4.69) is 12.2 Å². The van der Waals surface area contributed by atoms with E-state index < -0.39 is 5.97 Å². The topological polar surface area (TPSA) is 64.6 Å². The standard InChI is InChI=1S/C20H22ClNO4S/c1-11-4-6-14-16(8-11)27-19(18(14)20(24)25-3)22-17(23)10-26-15-7-5-13(21)9-12(15)2/h5,7,9,11H,4,6,8,10H2,1-3H3,(H,22,23)/t11-/m1/s1. The molecule has 144 valence electrons. The number of fused-ring (bicyclic) bond motifs is 1. The lowest BCUT2D eigenvalue weighted by Gasteiger charge is -2.18. The molecule has 1 atom stereocenters. The average Bonchev–Trinajstić information content (AvgIpc) is 2.97. The van der Waals surface area contributed by atoms with Crippen LogP contribution in [0.4, 0.5) is 5.00 Å². The number of benzene rings is 1. The molecule has 27 heavy (non-hydrogen) atoms. The Hall–Kier alpha value is -2.05. The van der Waals surface area contributed by atoms with Crippen LogP contribution < -0.4 is 10.1 Å². The summed E-state index contributed by atoms with van der Waals surface area (Å²) in [5.74, 6) is 0.441. The van der Waals surface area contributed by atoms with E-state index in [1.165, 1.54) is 18.4 Å². The third kappa shape index (κ3) is 4.45. The molecule has 0 aliphatic heterocycles. The van der Waals surface area contributed by atoms with Crippen LogP contribution in [0.5, 0.6) is 5.75 Å². The fraction of sp³-hybridized carbons (Fsp3) is 0.400. The predicted octanol–water partition coefficient (Wildman–Crippen LogP) is 4.64. The quantitative estimate of drug-likeness (QED) is 0.733. The molecule has 1 N–H and O–H groups in total. The molecule has 2 aromatic rings. The molecule has 0 unspecified atom stereocenters. The van der Waals surface area contributed by atoms with Crippen molar-refractivity contribution < 1.29 is 19.1 Å². The largest absolute Gasteiger partial charge is 0.483 e. The molecule has 1 heterocycles. The zero-order valence-electron chi connectivity index (χ0n) is 15.6. The fourth-order valence-electron chi connectivity index (χ4n) is 3.24. The van der Waals surface area contributed by atoms with E-state index in [0.717, 1.165) is 35.3 Å². The molecule has 1 aromatic carbocycles. The van der Waals surface area contributed by atoms with Gasteiger partial charge in [0.05, 0.1) is 12.7 Å². The SMILES string of the molecule is COC(=O)c1c(NC(=O)COc2ccc(Cl)cc2C)sc2c1CC[C@@H](C)C2. The van der Waals surface area contributed by atoms with Gasteiger partial charge in [0.2, 0.25) is 0 Å². The van der Waals surface area contributed by atoms with Crippen LogP contribution in [0.15, 0.2) is 18.2 Å². The number of carbonyl (C=O) groups is 2. The van der Waals surface area contributed by atoms with Gasteiger partial charge in [-0.15, -0.1) is 11.3 Å². The maximum absolute atomic E-state index is 12.4. The summed E-state index contributed by atoms with van der Waals surface area (Å²) in [5, 5.41) is 3.99. The van der Waals surface area contributed by atoms with Crippen molar-refractivity contribution in [3.05, 3.63) is 44.8 Å². The zero-order chi connectivity index (χ0) is 19.6. The number of rotatable bonds is 5. The Morgan fingerprint density at radius 2 is 2.15 bits per heavy atom. The van der Waals surface area contributed by atoms with Crippen molar-refractivity contribution in [2.24, 2.45) is 5.92 Å². The average molecular weight is 408 g/mol. The lowest BCUT2D eigenvalue weighted by molar-refractivity contribution is -0.118. The Bertz CT molecular complexity index is 877. The van der Waals surface area contributed by atoms with E-state index in [1.54, 1.807) is 18.2 Å². The second kappa shape index (κ2) is 8.31. The van der Waals surface area contributed by atoms with Gasteiger partial charge in [-0.25, -0.2) is 4.79 Å². The number of hydrogen-bond donors (Lipinski definition) is 1. The highest BCUT2D eigenvalue weighted by Crippen LogP contribution is 2.40. The molecule has 0 saturated carbocycles.